The molecule has 0 unspecified atom stereocenters. The number of nitrogens with zero attached hydrogens (tertiary/aromatic N) is 2. The maximum Gasteiger partial charge on any atom is 0.218 e. The van der Waals surface area contributed by atoms with E-state index in [9.17, 15) is 4.39 Å². The third kappa shape index (κ3) is 5.93. The van der Waals surface area contributed by atoms with Gasteiger partial charge in [0, 0.05) is 49.1 Å². The quantitative estimate of drug-likeness (QED) is 0.270. The molecule has 30 heavy (non-hydrogen) atoms. The van der Waals surface area contributed by atoms with Crippen LogP contribution in [0, 0.1) is 5.82 Å². The second-order valence-electron chi connectivity index (χ2n) is 6.68. The Morgan fingerprint density at radius 2 is 2.10 bits per heavy atom. The largest absolute Gasteiger partial charge is 0.475 e. The van der Waals surface area contributed by atoms with Crippen molar-refractivity contribution in [3.8, 4) is 5.88 Å². The third-order valence-corrected chi connectivity index (χ3v) is 4.54. The molecule has 2 aromatic heterocycles. The summed E-state index contributed by atoms with van der Waals surface area (Å²) >= 11 is 0. The Balaban J connectivity index is 1.59. The molecule has 0 aliphatic carbocycles. The summed E-state index contributed by atoms with van der Waals surface area (Å²) in [4.78, 5) is 12.1. The van der Waals surface area contributed by atoms with Crippen LogP contribution in [0.2, 0.25) is 0 Å². The third-order valence-electron chi connectivity index (χ3n) is 4.54. The van der Waals surface area contributed by atoms with Gasteiger partial charge in [0.05, 0.1) is 13.2 Å². The summed E-state index contributed by atoms with van der Waals surface area (Å²) in [6, 6.07) is 8.63. The van der Waals surface area contributed by atoms with Crippen LogP contribution in [-0.4, -0.2) is 49.3 Å². The first kappa shape index (κ1) is 21.6. The van der Waals surface area contributed by atoms with Crippen LogP contribution >= 0.6 is 0 Å². The fourth-order valence-corrected chi connectivity index (χ4v) is 3.08. The van der Waals surface area contributed by atoms with Crippen molar-refractivity contribution in [1.29, 1.82) is 0 Å². The summed E-state index contributed by atoms with van der Waals surface area (Å²) in [6.45, 7) is 4.86. The molecule has 0 saturated carbocycles. The van der Waals surface area contributed by atoms with Crippen molar-refractivity contribution in [1.82, 2.24) is 20.6 Å². The zero-order chi connectivity index (χ0) is 21.2. The molecule has 0 radical (unpaired) electrons. The summed E-state index contributed by atoms with van der Waals surface area (Å²) in [7, 11) is 1.63. The van der Waals surface area contributed by atoms with Gasteiger partial charge in [0.15, 0.2) is 5.96 Å². The van der Waals surface area contributed by atoms with Crippen molar-refractivity contribution in [3.05, 3.63) is 59.7 Å². The highest BCUT2D eigenvalue weighted by molar-refractivity contribution is 5.83. The van der Waals surface area contributed by atoms with Crippen LogP contribution < -0.4 is 15.4 Å². The van der Waals surface area contributed by atoms with Crippen molar-refractivity contribution in [2.75, 3.05) is 33.4 Å². The standard InChI is InChI=1S/C22H28FN5O2/c1-3-24-22(28-15-17-5-4-9-25-21(17)30-12-11-29-2)26-10-8-16-14-27-20-13-18(23)6-7-19(16)20/h4-7,9,13-14,27H,3,8,10-12,15H2,1-2H3,(H2,24,26,28). The molecule has 0 amide bonds. The van der Waals surface area contributed by atoms with Crippen LogP contribution in [0.4, 0.5) is 4.39 Å². The molecule has 0 aliphatic heterocycles. The lowest BCUT2D eigenvalue weighted by atomic mass is 10.1. The Morgan fingerprint density at radius 1 is 1.20 bits per heavy atom. The van der Waals surface area contributed by atoms with E-state index in [1.807, 2.05) is 31.3 Å². The predicted octanol–water partition coefficient (Wildman–Crippen LogP) is 3.03. The zero-order valence-corrected chi connectivity index (χ0v) is 17.4. The highest BCUT2D eigenvalue weighted by Crippen LogP contribution is 2.19. The Hall–Kier alpha value is -3.13. The Kier molecular flexibility index (Phi) is 8.02. The minimum Gasteiger partial charge on any atom is -0.475 e. The predicted molar refractivity (Wildman–Crippen MR) is 116 cm³/mol. The number of hydrogen-bond donors (Lipinski definition) is 3. The SMILES string of the molecule is CCNC(=NCc1cccnc1OCCOC)NCCc1c[nH]c2cc(F)ccc12. The summed E-state index contributed by atoms with van der Waals surface area (Å²) in [5, 5.41) is 7.63. The summed E-state index contributed by atoms with van der Waals surface area (Å²) in [5.74, 6) is 1.05. The first-order valence-electron chi connectivity index (χ1n) is 10.0. The smallest absolute Gasteiger partial charge is 0.218 e. The van der Waals surface area contributed by atoms with E-state index in [2.05, 4.69) is 25.6 Å². The van der Waals surface area contributed by atoms with E-state index in [1.54, 1.807) is 13.3 Å². The van der Waals surface area contributed by atoms with Crippen LogP contribution in [0.15, 0.2) is 47.7 Å². The second-order valence-corrected chi connectivity index (χ2v) is 6.68. The first-order valence-corrected chi connectivity index (χ1v) is 10.0. The van der Waals surface area contributed by atoms with E-state index in [1.165, 1.54) is 12.1 Å². The highest BCUT2D eigenvalue weighted by atomic mass is 19.1. The molecular weight excluding hydrogens is 385 g/mol. The van der Waals surface area contributed by atoms with Crippen molar-refractivity contribution in [2.24, 2.45) is 4.99 Å². The fourth-order valence-electron chi connectivity index (χ4n) is 3.08. The zero-order valence-electron chi connectivity index (χ0n) is 17.4. The lowest BCUT2D eigenvalue weighted by Gasteiger charge is -2.12. The molecule has 0 saturated heterocycles. The summed E-state index contributed by atoms with van der Waals surface area (Å²) in [5.41, 5.74) is 2.85. The van der Waals surface area contributed by atoms with Crippen molar-refractivity contribution < 1.29 is 13.9 Å². The van der Waals surface area contributed by atoms with E-state index in [0.29, 0.717) is 32.2 Å². The van der Waals surface area contributed by atoms with Gasteiger partial charge in [0.2, 0.25) is 5.88 Å². The number of pyridine rings is 1. The van der Waals surface area contributed by atoms with Gasteiger partial charge >= 0.3 is 0 Å². The molecule has 160 valence electrons. The molecule has 0 atom stereocenters. The van der Waals surface area contributed by atoms with Gasteiger partial charge in [0.1, 0.15) is 12.4 Å². The molecule has 1 aromatic carbocycles. The number of hydrogen-bond acceptors (Lipinski definition) is 4. The Labute approximate surface area is 175 Å². The number of rotatable bonds is 10. The normalized spacial score (nSPS) is 11.6. The van der Waals surface area contributed by atoms with E-state index in [0.717, 1.165) is 41.0 Å². The van der Waals surface area contributed by atoms with Gasteiger partial charge in [-0.25, -0.2) is 14.4 Å². The van der Waals surface area contributed by atoms with Gasteiger partial charge in [-0.2, -0.15) is 0 Å². The van der Waals surface area contributed by atoms with Crippen molar-refractivity contribution in [3.63, 3.8) is 0 Å². The van der Waals surface area contributed by atoms with Crippen molar-refractivity contribution >= 4 is 16.9 Å². The number of benzene rings is 1. The molecular formula is C22H28FN5O2. The monoisotopic (exact) mass is 413 g/mol. The summed E-state index contributed by atoms with van der Waals surface area (Å²) in [6.07, 6.45) is 4.41. The molecule has 0 aliphatic rings. The maximum absolute atomic E-state index is 13.4. The molecule has 0 fully saturated rings. The molecule has 0 bridgehead atoms. The van der Waals surface area contributed by atoms with Gasteiger partial charge in [0.25, 0.3) is 0 Å². The topological polar surface area (TPSA) is 83.6 Å². The van der Waals surface area contributed by atoms with Gasteiger partial charge in [-0.05, 0) is 43.2 Å². The van der Waals surface area contributed by atoms with E-state index >= 15 is 0 Å². The van der Waals surface area contributed by atoms with Gasteiger partial charge in [-0.15, -0.1) is 0 Å². The second kappa shape index (κ2) is 11.2. The molecule has 7 nitrogen and oxygen atoms in total. The van der Waals surface area contributed by atoms with Crippen LogP contribution in [0.1, 0.15) is 18.1 Å². The number of nitrogens with one attached hydrogen (secondary N) is 3. The maximum atomic E-state index is 13.4. The number of aromatic amines is 1. The Bertz CT molecular complexity index is 973. The first-order chi connectivity index (χ1) is 14.7. The van der Waals surface area contributed by atoms with Crippen LogP contribution in [0.3, 0.4) is 0 Å². The number of methoxy groups -OCH3 is 1. The Morgan fingerprint density at radius 3 is 2.93 bits per heavy atom. The number of fused-ring (bicyclic) bond motifs is 1. The minimum atomic E-state index is -0.239. The number of aliphatic imine (C=N–C) groups is 1. The van der Waals surface area contributed by atoms with Gasteiger partial charge in [-0.1, -0.05) is 6.07 Å². The van der Waals surface area contributed by atoms with Crippen LogP contribution in [0.25, 0.3) is 10.9 Å². The molecule has 3 aromatic rings. The number of halogens is 1. The van der Waals surface area contributed by atoms with E-state index < -0.39 is 0 Å². The highest BCUT2D eigenvalue weighted by Gasteiger charge is 2.07. The van der Waals surface area contributed by atoms with E-state index in [-0.39, 0.29) is 5.82 Å². The lowest BCUT2D eigenvalue weighted by molar-refractivity contribution is 0.143. The van der Waals surface area contributed by atoms with Gasteiger partial charge < -0.3 is 25.1 Å². The number of guanidine groups is 1. The average molecular weight is 413 g/mol. The minimum absolute atomic E-state index is 0.239. The van der Waals surface area contributed by atoms with Crippen LogP contribution in [0.5, 0.6) is 5.88 Å². The molecule has 3 rings (SSSR count). The molecule has 3 N–H and O–H groups in total. The fraction of sp³-hybridized carbons (Fsp3) is 0.364. The van der Waals surface area contributed by atoms with E-state index in [4.69, 9.17) is 9.47 Å². The summed E-state index contributed by atoms with van der Waals surface area (Å²) < 4.78 is 24.0. The van der Waals surface area contributed by atoms with Crippen molar-refractivity contribution in [2.45, 2.75) is 19.9 Å². The molecule has 2 heterocycles. The average Bonchev–Trinajstić information content (AvgIpc) is 3.15. The number of H-pyrrole nitrogens is 1. The number of ether oxygens (including phenoxy) is 2. The van der Waals surface area contributed by atoms with Gasteiger partial charge in [-0.3, -0.25) is 0 Å². The molecule has 8 heteroatoms. The molecule has 0 spiro atoms. The number of aromatic nitrogens is 2. The lowest BCUT2D eigenvalue weighted by Crippen LogP contribution is -2.38. The van der Waals surface area contributed by atoms with Crippen LogP contribution in [-0.2, 0) is 17.7 Å².